The molecule has 0 aliphatic carbocycles. The Labute approximate surface area is 128 Å². The molecule has 114 valence electrons. The van der Waals surface area contributed by atoms with Crippen LogP contribution in [0.2, 0.25) is 5.02 Å². The number of rotatable bonds is 3. The molecule has 0 radical (unpaired) electrons. The molecule has 1 unspecified atom stereocenters. The minimum absolute atomic E-state index is 0.0421. The van der Waals surface area contributed by atoms with Gasteiger partial charge in [-0.2, -0.15) is 0 Å². The number of likely N-dealkylation sites (tertiary alicyclic amines) is 1. The number of halogens is 1. The molecule has 21 heavy (non-hydrogen) atoms. The molecule has 1 atom stereocenters. The van der Waals surface area contributed by atoms with Crippen molar-refractivity contribution in [2.24, 2.45) is 0 Å². The number of nitrogens with one attached hydrogen (secondary N) is 1. The SMILES string of the molecule is CC(NC(=O)c1cc(O)ccc1Cl)C(=O)N1CCCCC1. The first-order valence-electron chi connectivity index (χ1n) is 7.07. The lowest BCUT2D eigenvalue weighted by Gasteiger charge is -2.29. The summed E-state index contributed by atoms with van der Waals surface area (Å²) in [5.41, 5.74) is 0.162. The molecular formula is C15H19ClN2O3. The molecule has 5 nitrogen and oxygen atoms in total. The number of carbonyl (C=O) groups is 2. The van der Waals surface area contributed by atoms with Gasteiger partial charge in [0.1, 0.15) is 11.8 Å². The standard InChI is InChI=1S/C15H19ClN2O3/c1-10(15(21)18-7-3-2-4-8-18)17-14(20)12-9-11(19)5-6-13(12)16/h5-6,9-10,19H,2-4,7-8H2,1H3,(H,17,20). The number of phenolic OH excluding ortho intramolecular Hbond substituents is 1. The van der Waals surface area contributed by atoms with E-state index in [1.165, 1.54) is 18.2 Å². The first-order chi connectivity index (χ1) is 9.99. The van der Waals surface area contributed by atoms with Gasteiger partial charge in [-0.05, 0) is 44.4 Å². The Bertz CT molecular complexity index is 542. The second kappa shape index (κ2) is 6.80. The van der Waals surface area contributed by atoms with Crippen molar-refractivity contribution in [1.29, 1.82) is 0 Å². The molecule has 2 N–H and O–H groups in total. The number of nitrogens with zero attached hydrogens (tertiary/aromatic N) is 1. The summed E-state index contributed by atoms with van der Waals surface area (Å²) in [6, 6.07) is 3.52. The predicted molar refractivity (Wildman–Crippen MR) is 80.5 cm³/mol. The molecule has 0 spiro atoms. The van der Waals surface area contributed by atoms with Gasteiger partial charge in [-0.3, -0.25) is 9.59 Å². The number of aromatic hydroxyl groups is 1. The molecule has 6 heteroatoms. The fourth-order valence-electron chi connectivity index (χ4n) is 2.41. The Morgan fingerprint density at radius 2 is 1.95 bits per heavy atom. The van der Waals surface area contributed by atoms with Crippen LogP contribution in [0.15, 0.2) is 18.2 Å². The summed E-state index contributed by atoms with van der Waals surface area (Å²) in [6.45, 7) is 3.14. The van der Waals surface area contributed by atoms with Gasteiger partial charge < -0.3 is 15.3 Å². The number of hydrogen-bond donors (Lipinski definition) is 2. The smallest absolute Gasteiger partial charge is 0.253 e. The van der Waals surface area contributed by atoms with E-state index in [1.54, 1.807) is 11.8 Å². The molecule has 1 fully saturated rings. The summed E-state index contributed by atoms with van der Waals surface area (Å²) in [5.74, 6) is -0.590. The van der Waals surface area contributed by atoms with Crippen LogP contribution in [-0.4, -0.2) is 41.0 Å². The van der Waals surface area contributed by atoms with Crippen molar-refractivity contribution in [1.82, 2.24) is 10.2 Å². The molecule has 1 aromatic rings. The Hall–Kier alpha value is -1.75. The van der Waals surface area contributed by atoms with Crippen molar-refractivity contribution < 1.29 is 14.7 Å². The second-order valence-electron chi connectivity index (χ2n) is 5.25. The molecule has 0 aromatic heterocycles. The van der Waals surface area contributed by atoms with E-state index in [4.69, 9.17) is 11.6 Å². The molecule has 0 bridgehead atoms. The zero-order chi connectivity index (χ0) is 15.4. The molecule has 1 aromatic carbocycles. The van der Waals surface area contributed by atoms with Gasteiger partial charge in [0.25, 0.3) is 5.91 Å². The summed E-state index contributed by atoms with van der Waals surface area (Å²) in [6.07, 6.45) is 3.15. The van der Waals surface area contributed by atoms with Crippen molar-refractivity contribution in [3.8, 4) is 5.75 Å². The Kier molecular flexibility index (Phi) is 5.07. The number of amides is 2. The number of carbonyl (C=O) groups excluding carboxylic acids is 2. The minimum atomic E-state index is -0.617. The van der Waals surface area contributed by atoms with Gasteiger partial charge in [-0.1, -0.05) is 11.6 Å². The zero-order valence-electron chi connectivity index (χ0n) is 11.9. The highest BCUT2D eigenvalue weighted by molar-refractivity contribution is 6.34. The lowest BCUT2D eigenvalue weighted by atomic mass is 10.1. The number of benzene rings is 1. The summed E-state index contributed by atoms with van der Waals surface area (Å²) >= 11 is 5.94. The predicted octanol–water partition coefficient (Wildman–Crippen LogP) is 2.18. The molecule has 0 saturated carbocycles. The van der Waals surface area contributed by atoms with Crippen LogP contribution in [0.25, 0.3) is 0 Å². The van der Waals surface area contributed by atoms with Crippen molar-refractivity contribution in [3.05, 3.63) is 28.8 Å². The van der Waals surface area contributed by atoms with Crippen LogP contribution < -0.4 is 5.32 Å². The van der Waals surface area contributed by atoms with Crippen LogP contribution in [0, 0.1) is 0 Å². The molecule has 1 heterocycles. The van der Waals surface area contributed by atoms with Crippen molar-refractivity contribution >= 4 is 23.4 Å². The van der Waals surface area contributed by atoms with E-state index in [9.17, 15) is 14.7 Å². The topological polar surface area (TPSA) is 69.6 Å². The first-order valence-corrected chi connectivity index (χ1v) is 7.45. The number of hydrogen-bond acceptors (Lipinski definition) is 3. The largest absolute Gasteiger partial charge is 0.508 e. The summed E-state index contributed by atoms with van der Waals surface area (Å²) in [7, 11) is 0. The fourth-order valence-corrected chi connectivity index (χ4v) is 2.61. The third kappa shape index (κ3) is 3.88. The van der Waals surface area contributed by atoms with Crippen molar-refractivity contribution in [2.45, 2.75) is 32.2 Å². The second-order valence-corrected chi connectivity index (χ2v) is 5.65. The van der Waals surface area contributed by atoms with Crippen LogP contribution in [0.5, 0.6) is 5.75 Å². The van der Waals surface area contributed by atoms with Gasteiger partial charge >= 0.3 is 0 Å². The summed E-state index contributed by atoms with van der Waals surface area (Å²) in [4.78, 5) is 26.2. The highest BCUT2D eigenvalue weighted by Gasteiger charge is 2.24. The lowest BCUT2D eigenvalue weighted by Crippen LogP contribution is -2.48. The molecule has 2 rings (SSSR count). The third-order valence-corrected chi connectivity index (χ3v) is 3.91. The number of piperidine rings is 1. The third-order valence-electron chi connectivity index (χ3n) is 3.58. The molecule has 1 aliphatic heterocycles. The molecule has 1 aliphatic rings. The minimum Gasteiger partial charge on any atom is -0.508 e. The average Bonchev–Trinajstić information content (AvgIpc) is 2.49. The van der Waals surface area contributed by atoms with Crippen LogP contribution in [0.3, 0.4) is 0 Å². The van der Waals surface area contributed by atoms with E-state index in [-0.39, 0.29) is 22.2 Å². The van der Waals surface area contributed by atoms with Gasteiger partial charge in [-0.25, -0.2) is 0 Å². The van der Waals surface area contributed by atoms with Gasteiger partial charge in [0.2, 0.25) is 5.91 Å². The monoisotopic (exact) mass is 310 g/mol. The first kappa shape index (κ1) is 15.6. The molecule has 2 amide bonds. The Morgan fingerprint density at radius 3 is 2.62 bits per heavy atom. The van der Waals surface area contributed by atoms with Gasteiger partial charge in [0.15, 0.2) is 0 Å². The van der Waals surface area contributed by atoms with E-state index < -0.39 is 11.9 Å². The van der Waals surface area contributed by atoms with Crippen LogP contribution in [-0.2, 0) is 4.79 Å². The van der Waals surface area contributed by atoms with Crippen LogP contribution in [0.4, 0.5) is 0 Å². The highest BCUT2D eigenvalue weighted by Crippen LogP contribution is 2.21. The fraction of sp³-hybridized carbons (Fsp3) is 0.467. The quantitative estimate of drug-likeness (QED) is 0.899. The lowest BCUT2D eigenvalue weighted by molar-refractivity contribution is -0.133. The van der Waals surface area contributed by atoms with Gasteiger partial charge in [-0.15, -0.1) is 0 Å². The average molecular weight is 311 g/mol. The Balaban J connectivity index is 2.01. The van der Waals surface area contributed by atoms with Crippen LogP contribution in [0.1, 0.15) is 36.5 Å². The van der Waals surface area contributed by atoms with E-state index in [0.29, 0.717) is 0 Å². The van der Waals surface area contributed by atoms with Crippen LogP contribution >= 0.6 is 11.6 Å². The van der Waals surface area contributed by atoms with E-state index in [2.05, 4.69) is 5.32 Å². The van der Waals surface area contributed by atoms with Gasteiger partial charge in [0, 0.05) is 13.1 Å². The van der Waals surface area contributed by atoms with E-state index in [1.807, 2.05) is 0 Å². The molecule has 1 saturated heterocycles. The summed E-state index contributed by atoms with van der Waals surface area (Å²) in [5, 5.41) is 12.3. The summed E-state index contributed by atoms with van der Waals surface area (Å²) < 4.78 is 0. The normalized spacial score (nSPS) is 16.4. The van der Waals surface area contributed by atoms with E-state index in [0.717, 1.165) is 32.4 Å². The Morgan fingerprint density at radius 1 is 1.29 bits per heavy atom. The number of phenols is 1. The van der Waals surface area contributed by atoms with Crippen molar-refractivity contribution in [3.63, 3.8) is 0 Å². The maximum Gasteiger partial charge on any atom is 0.253 e. The maximum absolute atomic E-state index is 12.2. The zero-order valence-corrected chi connectivity index (χ0v) is 12.7. The highest BCUT2D eigenvalue weighted by atomic mass is 35.5. The van der Waals surface area contributed by atoms with Gasteiger partial charge in [0.05, 0.1) is 10.6 Å². The van der Waals surface area contributed by atoms with E-state index >= 15 is 0 Å². The molecular weight excluding hydrogens is 292 g/mol. The van der Waals surface area contributed by atoms with Crippen molar-refractivity contribution in [2.75, 3.05) is 13.1 Å². The maximum atomic E-state index is 12.2.